The van der Waals surface area contributed by atoms with Gasteiger partial charge in [-0.1, -0.05) is 0 Å². The highest BCUT2D eigenvalue weighted by Gasteiger charge is 2.38. The summed E-state index contributed by atoms with van der Waals surface area (Å²) in [6, 6.07) is 0.768. The van der Waals surface area contributed by atoms with E-state index in [1.165, 1.54) is 19.4 Å². The van der Waals surface area contributed by atoms with E-state index >= 15 is 0 Å². The van der Waals surface area contributed by atoms with E-state index in [0.29, 0.717) is 24.0 Å². The molecule has 0 spiro atoms. The highest BCUT2D eigenvalue weighted by atomic mass is 16.2. The number of nitrogens with two attached hydrogens (primary N) is 1. The molecule has 0 aliphatic carbocycles. The minimum absolute atomic E-state index is 0.0799. The number of carbonyl (C=O) groups is 1. The molecule has 0 aromatic carbocycles. The molecule has 1 aromatic rings. The molecular weight excluding hydrogens is 254 g/mol. The number of aromatic nitrogens is 2. The smallest absolute Gasteiger partial charge is 0.271 e. The van der Waals surface area contributed by atoms with Crippen molar-refractivity contribution in [2.24, 2.45) is 0 Å². The molecule has 3 heterocycles. The van der Waals surface area contributed by atoms with Gasteiger partial charge < -0.3 is 11.1 Å². The summed E-state index contributed by atoms with van der Waals surface area (Å²) in [4.78, 5) is 15.0. The van der Waals surface area contributed by atoms with Gasteiger partial charge in [-0.2, -0.15) is 5.10 Å². The zero-order valence-corrected chi connectivity index (χ0v) is 12.2. The van der Waals surface area contributed by atoms with Gasteiger partial charge in [0.05, 0.1) is 11.4 Å². The molecule has 20 heavy (non-hydrogen) atoms. The van der Waals surface area contributed by atoms with E-state index in [-0.39, 0.29) is 11.9 Å². The van der Waals surface area contributed by atoms with Gasteiger partial charge in [0, 0.05) is 25.2 Å². The Morgan fingerprint density at radius 3 is 3.00 bits per heavy atom. The molecule has 0 bridgehead atoms. The minimum atomic E-state index is -0.0799. The maximum atomic E-state index is 12.5. The Morgan fingerprint density at radius 2 is 2.25 bits per heavy atom. The number of nitrogens with one attached hydrogen (secondary N) is 1. The van der Waals surface area contributed by atoms with Crippen LogP contribution < -0.4 is 11.1 Å². The van der Waals surface area contributed by atoms with Crippen molar-refractivity contribution in [2.45, 2.75) is 51.7 Å². The van der Waals surface area contributed by atoms with Crippen molar-refractivity contribution in [1.82, 2.24) is 20.0 Å². The highest BCUT2D eigenvalue weighted by molar-refractivity contribution is 5.98. The van der Waals surface area contributed by atoms with E-state index in [9.17, 15) is 4.79 Å². The van der Waals surface area contributed by atoms with Crippen LogP contribution in [0.25, 0.3) is 0 Å². The van der Waals surface area contributed by atoms with Crippen LogP contribution in [0.1, 0.15) is 42.4 Å². The first-order valence-corrected chi connectivity index (χ1v) is 7.49. The number of hydrogen-bond acceptors (Lipinski definition) is 4. The molecule has 6 heteroatoms. The molecule has 2 fully saturated rings. The van der Waals surface area contributed by atoms with Gasteiger partial charge in [0.15, 0.2) is 0 Å². The fourth-order valence-corrected chi connectivity index (χ4v) is 3.55. The van der Waals surface area contributed by atoms with Crippen molar-refractivity contribution < 1.29 is 4.79 Å². The summed E-state index contributed by atoms with van der Waals surface area (Å²) < 4.78 is 1.70. The second-order valence-electron chi connectivity index (χ2n) is 5.78. The largest absolute Gasteiger partial charge is 0.395 e. The fraction of sp³-hybridized carbons (Fsp3) is 0.714. The van der Waals surface area contributed by atoms with Crippen molar-refractivity contribution in [3.05, 3.63) is 11.4 Å². The van der Waals surface area contributed by atoms with Crippen LogP contribution in [-0.4, -0.2) is 45.8 Å². The summed E-state index contributed by atoms with van der Waals surface area (Å²) in [6.07, 6.45) is 3.47. The maximum Gasteiger partial charge on any atom is 0.271 e. The number of fused-ring (bicyclic) bond motifs is 1. The van der Waals surface area contributed by atoms with Gasteiger partial charge in [-0.15, -0.1) is 0 Å². The van der Waals surface area contributed by atoms with Crippen molar-refractivity contribution in [3.8, 4) is 0 Å². The number of anilines is 1. The van der Waals surface area contributed by atoms with Crippen LogP contribution in [0.3, 0.4) is 0 Å². The van der Waals surface area contributed by atoms with Crippen LogP contribution >= 0.6 is 0 Å². The van der Waals surface area contributed by atoms with Crippen LogP contribution in [0.15, 0.2) is 0 Å². The van der Waals surface area contributed by atoms with Crippen molar-refractivity contribution in [1.29, 1.82) is 0 Å². The first-order valence-electron chi connectivity index (χ1n) is 7.49. The number of hydrogen-bond donors (Lipinski definition) is 2. The third kappa shape index (κ3) is 2.08. The third-order valence-corrected chi connectivity index (χ3v) is 4.61. The van der Waals surface area contributed by atoms with Gasteiger partial charge in [0.1, 0.15) is 5.69 Å². The third-order valence-electron chi connectivity index (χ3n) is 4.61. The number of aryl methyl sites for hydroxylation is 2. The lowest BCUT2D eigenvalue weighted by Crippen LogP contribution is -2.43. The van der Waals surface area contributed by atoms with Gasteiger partial charge in [-0.3, -0.25) is 14.4 Å². The van der Waals surface area contributed by atoms with Gasteiger partial charge >= 0.3 is 0 Å². The van der Waals surface area contributed by atoms with Crippen LogP contribution in [0, 0.1) is 6.92 Å². The molecule has 1 amide bonds. The average molecular weight is 277 g/mol. The second kappa shape index (κ2) is 5.09. The molecule has 2 unspecified atom stereocenters. The molecule has 2 saturated heterocycles. The first-order chi connectivity index (χ1) is 9.61. The van der Waals surface area contributed by atoms with E-state index in [1.807, 2.05) is 13.8 Å². The molecule has 3 rings (SSSR count). The summed E-state index contributed by atoms with van der Waals surface area (Å²) in [5, 5.41) is 7.49. The number of rotatable bonds is 3. The van der Waals surface area contributed by atoms with E-state index in [2.05, 4.69) is 15.3 Å². The molecular formula is C14H23N5O. The predicted octanol–water partition coefficient (Wildman–Crippen LogP) is 0.760. The van der Waals surface area contributed by atoms with Crippen molar-refractivity contribution in [3.63, 3.8) is 0 Å². The molecule has 0 saturated carbocycles. The number of carbonyl (C=O) groups excluding carboxylic acids is 1. The lowest BCUT2D eigenvalue weighted by molar-refractivity contribution is 0.0919. The van der Waals surface area contributed by atoms with Gasteiger partial charge in [0.2, 0.25) is 0 Å². The fourth-order valence-electron chi connectivity index (χ4n) is 3.55. The summed E-state index contributed by atoms with van der Waals surface area (Å²) in [7, 11) is 0. The summed E-state index contributed by atoms with van der Waals surface area (Å²) in [6.45, 7) is 6.73. The molecule has 6 nitrogen and oxygen atoms in total. The quantitative estimate of drug-likeness (QED) is 0.855. The Morgan fingerprint density at radius 1 is 1.45 bits per heavy atom. The van der Waals surface area contributed by atoms with Crippen LogP contribution in [-0.2, 0) is 6.54 Å². The lowest BCUT2D eigenvalue weighted by Gasteiger charge is -2.21. The monoisotopic (exact) mass is 277 g/mol. The number of amides is 1. The summed E-state index contributed by atoms with van der Waals surface area (Å²) in [5.74, 6) is -0.0799. The zero-order chi connectivity index (χ0) is 14.3. The minimum Gasteiger partial charge on any atom is -0.395 e. The topological polar surface area (TPSA) is 76.2 Å². The van der Waals surface area contributed by atoms with E-state index in [0.717, 1.165) is 18.7 Å². The Kier molecular flexibility index (Phi) is 3.41. The normalized spacial score (nSPS) is 25.9. The van der Waals surface area contributed by atoms with E-state index < -0.39 is 0 Å². The summed E-state index contributed by atoms with van der Waals surface area (Å²) >= 11 is 0. The second-order valence-corrected chi connectivity index (χ2v) is 5.78. The standard InChI is InChI=1S/C14H23N5O/c1-3-19-13(12(15)9(2)17-19)14(20)16-10-6-8-18-7-4-5-11(10)18/h10-11H,3-8,15H2,1-2H3,(H,16,20). The Bertz CT molecular complexity index is 524. The Labute approximate surface area is 119 Å². The predicted molar refractivity (Wildman–Crippen MR) is 77.5 cm³/mol. The molecule has 3 N–H and O–H groups in total. The molecule has 0 radical (unpaired) electrons. The number of nitrogens with zero attached hydrogens (tertiary/aromatic N) is 3. The molecule has 2 aliphatic heterocycles. The van der Waals surface area contributed by atoms with E-state index in [1.54, 1.807) is 4.68 Å². The van der Waals surface area contributed by atoms with Crippen LogP contribution in [0.2, 0.25) is 0 Å². The summed E-state index contributed by atoms with van der Waals surface area (Å²) in [5.41, 5.74) is 7.75. The van der Waals surface area contributed by atoms with Gasteiger partial charge in [0.25, 0.3) is 5.91 Å². The van der Waals surface area contributed by atoms with E-state index in [4.69, 9.17) is 5.73 Å². The van der Waals surface area contributed by atoms with Gasteiger partial charge in [-0.05, 0) is 39.7 Å². The SMILES string of the molecule is CCn1nc(C)c(N)c1C(=O)NC1CCN2CCCC12. The first kappa shape index (κ1) is 13.4. The molecule has 2 aliphatic rings. The maximum absolute atomic E-state index is 12.5. The Balaban J connectivity index is 1.76. The van der Waals surface area contributed by atoms with Crippen LogP contribution in [0.5, 0.6) is 0 Å². The average Bonchev–Trinajstić information content (AvgIpc) is 3.08. The number of nitrogen functional groups attached to an aromatic ring is 1. The molecule has 2 atom stereocenters. The highest BCUT2D eigenvalue weighted by Crippen LogP contribution is 2.28. The van der Waals surface area contributed by atoms with Crippen molar-refractivity contribution >= 4 is 11.6 Å². The Hall–Kier alpha value is -1.56. The molecule has 110 valence electrons. The van der Waals surface area contributed by atoms with Crippen molar-refractivity contribution in [2.75, 3.05) is 18.8 Å². The van der Waals surface area contributed by atoms with Crippen LogP contribution in [0.4, 0.5) is 5.69 Å². The zero-order valence-electron chi connectivity index (χ0n) is 12.2. The molecule has 1 aromatic heterocycles. The lowest BCUT2D eigenvalue weighted by atomic mass is 10.1. The van der Waals surface area contributed by atoms with Gasteiger partial charge in [-0.25, -0.2) is 0 Å².